The van der Waals surface area contributed by atoms with Crippen LogP contribution in [0.25, 0.3) is 0 Å². The Hall–Kier alpha value is -1.26. The monoisotopic (exact) mass is 226 g/mol. The number of hydrogen-bond acceptors (Lipinski definition) is 3. The van der Waals surface area contributed by atoms with Gasteiger partial charge in [-0.1, -0.05) is 17.7 Å². The molecule has 80 valence electrons. The smallest absolute Gasteiger partial charge is 0.228 e. The summed E-state index contributed by atoms with van der Waals surface area (Å²) in [4.78, 5) is 13.0. The lowest BCUT2D eigenvalue weighted by molar-refractivity contribution is -0.117. The van der Waals surface area contributed by atoms with Gasteiger partial charge in [0.15, 0.2) is 5.75 Å². The number of nitrogens with zero attached hydrogens (tertiary/aromatic N) is 1. The highest BCUT2D eigenvalue weighted by Crippen LogP contribution is 2.35. The summed E-state index contributed by atoms with van der Waals surface area (Å²) in [5.41, 5.74) is 6.09. The van der Waals surface area contributed by atoms with E-state index in [2.05, 4.69) is 0 Å². The number of rotatable bonds is 1. The fraction of sp³-hybridized carbons (Fsp3) is 0.300. The van der Waals surface area contributed by atoms with Gasteiger partial charge in [-0.25, -0.2) is 0 Å². The van der Waals surface area contributed by atoms with Crippen molar-refractivity contribution >= 4 is 23.2 Å². The van der Waals surface area contributed by atoms with Gasteiger partial charge >= 0.3 is 0 Å². The van der Waals surface area contributed by atoms with E-state index >= 15 is 0 Å². The van der Waals surface area contributed by atoms with Crippen molar-refractivity contribution in [2.75, 3.05) is 11.4 Å². The molecule has 1 amide bonds. The lowest BCUT2D eigenvalue weighted by atomic mass is 10.2. The maximum Gasteiger partial charge on any atom is 0.228 e. The summed E-state index contributed by atoms with van der Waals surface area (Å²) in [6, 6.07) is 4.74. The number of carbonyl (C=O) groups excluding carboxylic acids is 1. The number of nitrogens with two attached hydrogens (primary N) is 1. The Morgan fingerprint density at radius 1 is 1.53 bits per heavy atom. The second-order valence-corrected chi connectivity index (χ2v) is 3.98. The van der Waals surface area contributed by atoms with Crippen LogP contribution in [0.2, 0.25) is 5.02 Å². The quantitative estimate of drug-likeness (QED) is 0.754. The zero-order valence-corrected chi connectivity index (χ0v) is 8.74. The third kappa shape index (κ3) is 1.78. The van der Waals surface area contributed by atoms with Gasteiger partial charge in [-0.15, -0.1) is 0 Å². The number of phenols is 1. The van der Waals surface area contributed by atoms with Crippen LogP contribution in [0.15, 0.2) is 18.2 Å². The second kappa shape index (κ2) is 3.72. The molecule has 0 saturated carbocycles. The molecular formula is C10H11ClN2O2. The molecule has 2 rings (SSSR count). The minimum absolute atomic E-state index is 0.0679. The van der Waals surface area contributed by atoms with E-state index in [1.54, 1.807) is 18.2 Å². The number of carbonyl (C=O) groups is 1. The molecule has 1 fully saturated rings. The molecular weight excluding hydrogens is 216 g/mol. The Morgan fingerprint density at radius 2 is 2.27 bits per heavy atom. The molecule has 0 aromatic heterocycles. The van der Waals surface area contributed by atoms with Crippen molar-refractivity contribution < 1.29 is 9.90 Å². The van der Waals surface area contributed by atoms with Crippen molar-refractivity contribution in [1.29, 1.82) is 0 Å². The highest BCUT2D eigenvalue weighted by Gasteiger charge is 2.29. The van der Waals surface area contributed by atoms with Crippen molar-refractivity contribution in [2.45, 2.75) is 12.5 Å². The second-order valence-electron chi connectivity index (χ2n) is 3.58. The first-order chi connectivity index (χ1) is 7.09. The van der Waals surface area contributed by atoms with Gasteiger partial charge in [0.1, 0.15) is 0 Å². The summed E-state index contributed by atoms with van der Waals surface area (Å²) in [5.74, 6) is -0.151. The molecule has 1 heterocycles. The van der Waals surface area contributed by atoms with Crippen LogP contribution >= 0.6 is 11.6 Å². The molecule has 0 bridgehead atoms. The first-order valence-electron chi connectivity index (χ1n) is 4.63. The first-order valence-corrected chi connectivity index (χ1v) is 5.01. The molecule has 1 saturated heterocycles. The van der Waals surface area contributed by atoms with Crippen molar-refractivity contribution in [3.63, 3.8) is 0 Å². The van der Waals surface area contributed by atoms with Crippen LogP contribution in [-0.2, 0) is 4.79 Å². The number of benzene rings is 1. The zero-order valence-electron chi connectivity index (χ0n) is 7.98. The van der Waals surface area contributed by atoms with Crippen molar-refractivity contribution in [3.05, 3.63) is 23.2 Å². The number of phenolic OH excluding ortho intramolecular Hbond substituents is 1. The summed E-state index contributed by atoms with van der Waals surface area (Å²) in [7, 11) is 0. The molecule has 0 radical (unpaired) electrons. The Bertz CT molecular complexity index is 408. The summed E-state index contributed by atoms with van der Waals surface area (Å²) in [6.07, 6.45) is 0.311. The Balaban J connectivity index is 2.38. The number of halogens is 1. The van der Waals surface area contributed by atoms with E-state index in [1.165, 1.54) is 4.90 Å². The molecule has 0 spiro atoms. The van der Waals surface area contributed by atoms with E-state index < -0.39 is 0 Å². The van der Waals surface area contributed by atoms with Crippen molar-refractivity contribution in [3.8, 4) is 5.75 Å². The fourth-order valence-electron chi connectivity index (χ4n) is 1.69. The van der Waals surface area contributed by atoms with Crippen LogP contribution in [0.5, 0.6) is 5.75 Å². The molecule has 0 aliphatic carbocycles. The van der Waals surface area contributed by atoms with Crippen LogP contribution in [0.1, 0.15) is 6.42 Å². The minimum atomic E-state index is -0.170. The maximum absolute atomic E-state index is 11.5. The van der Waals surface area contributed by atoms with Gasteiger partial charge in [-0.05, 0) is 12.1 Å². The molecule has 1 aromatic rings. The van der Waals surface area contributed by atoms with Gasteiger partial charge in [-0.2, -0.15) is 0 Å². The number of hydrogen-bond donors (Lipinski definition) is 2. The molecule has 1 unspecified atom stereocenters. The predicted octanol–water partition coefficient (Wildman–Crippen LogP) is 1.11. The summed E-state index contributed by atoms with van der Waals surface area (Å²) < 4.78 is 0. The highest BCUT2D eigenvalue weighted by molar-refractivity contribution is 6.32. The van der Waals surface area contributed by atoms with Crippen LogP contribution in [0, 0.1) is 0 Å². The van der Waals surface area contributed by atoms with Gasteiger partial charge in [0.2, 0.25) is 5.91 Å². The molecule has 3 N–H and O–H groups in total. The predicted molar refractivity (Wildman–Crippen MR) is 58.1 cm³/mol. The van der Waals surface area contributed by atoms with E-state index in [4.69, 9.17) is 17.3 Å². The molecule has 15 heavy (non-hydrogen) atoms. The number of para-hydroxylation sites is 1. The standard InChI is InChI=1S/C10H11ClN2O2/c11-7-2-1-3-8(10(7)15)13-5-6(12)4-9(13)14/h1-3,6,15H,4-5,12H2. The Kier molecular flexibility index (Phi) is 2.54. The third-order valence-electron chi connectivity index (χ3n) is 2.41. The Labute approximate surface area is 92.2 Å². The van der Waals surface area contributed by atoms with Crippen molar-refractivity contribution in [1.82, 2.24) is 0 Å². The highest BCUT2D eigenvalue weighted by atomic mass is 35.5. The summed E-state index contributed by atoms with van der Waals surface area (Å²) in [6.45, 7) is 0.423. The van der Waals surface area contributed by atoms with E-state index in [1.807, 2.05) is 0 Å². The first kappa shape index (κ1) is 10.3. The van der Waals surface area contributed by atoms with Crippen LogP contribution in [-0.4, -0.2) is 23.6 Å². The zero-order chi connectivity index (χ0) is 11.0. The Morgan fingerprint density at radius 3 is 2.87 bits per heavy atom. The van der Waals surface area contributed by atoms with Gasteiger partial charge in [0, 0.05) is 19.0 Å². The summed E-state index contributed by atoms with van der Waals surface area (Å²) in [5, 5.41) is 9.93. The van der Waals surface area contributed by atoms with E-state index in [0.29, 0.717) is 18.7 Å². The molecule has 1 aliphatic heterocycles. The fourth-order valence-corrected chi connectivity index (χ4v) is 1.86. The SMILES string of the molecule is NC1CC(=O)N(c2cccc(Cl)c2O)C1. The molecule has 1 atom stereocenters. The van der Waals surface area contributed by atoms with Gasteiger partial charge in [-0.3, -0.25) is 4.79 Å². The molecule has 4 nitrogen and oxygen atoms in total. The average molecular weight is 227 g/mol. The normalized spacial score (nSPS) is 21.1. The number of amides is 1. The maximum atomic E-state index is 11.5. The van der Waals surface area contributed by atoms with Gasteiger partial charge in [0.05, 0.1) is 10.7 Å². The van der Waals surface area contributed by atoms with E-state index in [-0.39, 0.29) is 22.7 Å². The van der Waals surface area contributed by atoms with Crippen LogP contribution in [0.3, 0.4) is 0 Å². The summed E-state index contributed by atoms with van der Waals surface area (Å²) >= 11 is 5.76. The lowest BCUT2D eigenvalue weighted by Crippen LogP contribution is -2.27. The van der Waals surface area contributed by atoms with Gasteiger partial charge < -0.3 is 15.7 Å². The average Bonchev–Trinajstić information content (AvgIpc) is 2.50. The van der Waals surface area contributed by atoms with E-state index in [9.17, 15) is 9.90 Å². The minimum Gasteiger partial charge on any atom is -0.504 e. The molecule has 1 aromatic carbocycles. The third-order valence-corrected chi connectivity index (χ3v) is 2.72. The largest absolute Gasteiger partial charge is 0.504 e. The van der Waals surface area contributed by atoms with E-state index in [0.717, 1.165) is 0 Å². The van der Waals surface area contributed by atoms with Crippen LogP contribution in [0.4, 0.5) is 5.69 Å². The number of anilines is 1. The molecule has 5 heteroatoms. The molecule has 1 aliphatic rings. The lowest BCUT2D eigenvalue weighted by Gasteiger charge is -2.17. The van der Waals surface area contributed by atoms with Crippen molar-refractivity contribution in [2.24, 2.45) is 5.73 Å². The topological polar surface area (TPSA) is 66.6 Å². The van der Waals surface area contributed by atoms with Crippen LogP contribution < -0.4 is 10.6 Å². The van der Waals surface area contributed by atoms with Gasteiger partial charge in [0.25, 0.3) is 0 Å². The number of aromatic hydroxyl groups is 1.